The summed E-state index contributed by atoms with van der Waals surface area (Å²) >= 11 is 1.63. The molecule has 1 amide bonds. The molecule has 0 bridgehead atoms. The van der Waals surface area contributed by atoms with Crippen molar-refractivity contribution >= 4 is 17.7 Å². The molecule has 2 rings (SSSR count). The number of carbonyl (C=O) groups is 1. The van der Waals surface area contributed by atoms with Crippen LogP contribution in [0.5, 0.6) is 5.75 Å². The molecule has 0 saturated carbocycles. The van der Waals surface area contributed by atoms with E-state index in [1.54, 1.807) is 11.8 Å². The smallest absolute Gasteiger partial charge is 0.230 e. The number of nitrogens with one attached hydrogen (secondary N) is 1. The molecule has 0 unspecified atom stereocenters. The molecule has 0 spiro atoms. The van der Waals surface area contributed by atoms with E-state index in [9.17, 15) is 4.79 Å². The highest BCUT2D eigenvalue weighted by Gasteiger charge is 2.18. The molecular formula is C22H29NO2S. The average molecular weight is 372 g/mol. The van der Waals surface area contributed by atoms with Crippen molar-refractivity contribution in [2.75, 3.05) is 18.9 Å². The molecule has 0 fully saturated rings. The Kier molecular flexibility index (Phi) is 7.58. The van der Waals surface area contributed by atoms with Gasteiger partial charge in [-0.2, -0.15) is 0 Å². The van der Waals surface area contributed by atoms with E-state index in [1.165, 1.54) is 16.7 Å². The summed E-state index contributed by atoms with van der Waals surface area (Å²) in [4.78, 5) is 12.0. The summed E-state index contributed by atoms with van der Waals surface area (Å²) in [5.41, 5.74) is 3.72. The molecule has 3 nitrogen and oxygen atoms in total. The van der Waals surface area contributed by atoms with Crippen LogP contribution in [0.2, 0.25) is 0 Å². The maximum Gasteiger partial charge on any atom is 0.230 e. The summed E-state index contributed by atoms with van der Waals surface area (Å²) in [6.45, 7) is 9.58. The van der Waals surface area contributed by atoms with Crippen molar-refractivity contribution in [3.8, 4) is 5.75 Å². The van der Waals surface area contributed by atoms with Crippen LogP contribution in [0, 0.1) is 6.92 Å². The third kappa shape index (κ3) is 6.75. The van der Waals surface area contributed by atoms with Gasteiger partial charge < -0.3 is 10.1 Å². The lowest BCUT2D eigenvalue weighted by Crippen LogP contribution is -2.29. The lowest BCUT2D eigenvalue weighted by molar-refractivity contribution is -0.118. The number of rotatable bonds is 8. The van der Waals surface area contributed by atoms with Crippen molar-refractivity contribution in [3.63, 3.8) is 0 Å². The summed E-state index contributed by atoms with van der Waals surface area (Å²) in [5.74, 6) is 2.26. The number of aryl methyl sites for hydroxylation is 1. The first-order chi connectivity index (χ1) is 12.4. The van der Waals surface area contributed by atoms with Crippen LogP contribution >= 0.6 is 11.8 Å². The molecule has 0 aliphatic heterocycles. The Morgan fingerprint density at radius 1 is 1.12 bits per heavy atom. The van der Waals surface area contributed by atoms with Gasteiger partial charge in [-0.25, -0.2) is 0 Å². The Balaban J connectivity index is 1.68. The number of ether oxygens (including phenoxy) is 1. The lowest BCUT2D eigenvalue weighted by Gasteiger charge is -2.22. The van der Waals surface area contributed by atoms with E-state index in [4.69, 9.17) is 4.74 Å². The standard InChI is InChI=1S/C22H29NO2S/c1-17-8-7-9-18(14-17)15-26-16-21(24)23-12-13-25-20-11-6-5-10-19(20)22(2,3)4/h5-11,14H,12-13,15-16H2,1-4H3,(H,23,24). The third-order valence-electron chi connectivity index (χ3n) is 3.96. The number of hydrogen-bond donors (Lipinski definition) is 1. The molecule has 0 radical (unpaired) electrons. The average Bonchev–Trinajstić information content (AvgIpc) is 2.58. The second kappa shape index (κ2) is 9.67. The molecule has 0 aliphatic rings. The molecule has 0 saturated heterocycles. The Morgan fingerprint density at radius 3 is 2.62 bits per heavy atom. The quantitative estimate of drug-likeness (QED) is 0.682. The normalized spacial score (nSPS) is 11.2. The first-order valence-corrected chi connectivity index (χ1v) is 10.1. The molecule has 140 valence electrons. The molecule has 0 heterocycles. The zero-order valence-corrected chi connectivity index (χ0v) is 17.0. The second-order valence-corrected chi connectivity index (χ2v) is 8.41. The van der Waals surface area contributed by atoms with E-state index in [-0.39, 0.29) is 11.3 Å². The van der Waals surface area contributed by atoms with Crippen LogP contribution in [0.1, 0.15) is 37.5 Å². The summed E-state index contributed by atoms with van der Waals surface area (Å²) < 4.78 is 5.88. The van der Waals surface area contributed by atoms with Crippen molar-refractivity contribution in [2.45, 2.75) is 38.9 Å². The van der Waals surface area contributed by atoms with Gasteiger partial charge in [-0.05, 0) is 29.5 Å². The van der Waals surface area contributed by atoms with Crippen molar-refractivity contribution in [2.24, 2.45) is 0 Å². The SMILES string of the molecule is Cc1cccc(CSCC(=O)NCCOc2ccccc2C(C)(C)C)c1. The number of amides is 1. The first kappa shape index (κ1) is 20.4. The molecule has 4 heteroatoms. The Hall–Kier alpha value is -1.94. The maximum absolute atomic E-state index is 12.0. The van der Waals surface area contributed by atoms with E-state index in [2.05, 4.69) is 63.3 Å². The van der Waals surface area contributed by atoms with Crippen molar-refractivity contribution in [3.05, 3.63) is 65.2 Å². The number of para-hydroxylation sites is 1. The minimum atomic E-state index is 0.0340. The minimum Gasteiger partial charge on any atom is -0.491 e. The maximum atomic E-state index is 12.0. The van der Waals surface area contributed by atoms with Crippen LogP contribution in [0.4, 0.5) is 0 Å². The van der Waals surface area contributed by atoms with Gasteiger partial charge in [0.05, 0.1) is 12.3 Å². The van der Waals surface area contributed by atoms with Gasteiger partial charge in [0.15, 0.2) is 0 Å². The molecule has 1 N–H and O–H groups in total. The van der Waals surface area contributed by atoms with E-state index < -0.39 is 0 Å². The second-order valence-electron chi connectivity index (χ2n) is 7.43. The zero-order valence-electron chi connectivity index (χ0n) is 16.2. The lowest BCUT2D eigenvalue weighted by atomic mass is 9.86. The van der Waals surface area contributed by atoms with Gasteiger partial charge in [-0.3, -0.25) is 4.79 Å². The molecule has 2 aromatic carbocycles. The Labute approximate surface area is 161 Å². The third-order valence-corrected chi connectivity index (χ3v) is 4.97. The minimum absolute atomic E-state index is 0.0340. The van der Waals surface area contributed by atoms with Crippen molar-refractivity contribution < 1.29 is 9.53 Å². The van der Waals surface area contributed by atoms with Crippen molar-refractivity contribution in [1.29, 1.82) is 0 Å². The number of hydrogen-bond acceptors (Lipinski definition) is 3. The molecule has 2 aromatic rings. The van der Waals surface area contributed by atoms with E-state index in [1.807, 2.05) is 18.2 Å². The van der Waals surface area contributed by atoms with Crippen LogP contribution in [0.25, 0.3) is 0 Å². The van der Waals surface area contributed by atoms with Gasteiger partial charge in [-0.15, -0.1) is 11.8 Å². The number of thioether (sulfide) groups is 1. The molecule has 26 heavy (non-hydrogen) atoms. The number of carbonyl (C=O) groups excluding carboxylic acids is 1. The zero-order chi connectivity index (χ0) is 19.0. The number of benzene rings is 2. The topological polar surface area (TPSA) is 38.3 Å². The van der Waals surface area contributed by atoms with Crippen LogP contribution < -0.4 is 10.1 Å². The van der Waals surface area contributed by atoms with Gasteiger partial charge in [0.2, 0.25) is 5.91 Å². The van der Waals surface area contributed by atoms with Crippen LogP contribution in [0.3, 0.4) is 0 Å². The van der Waals surface area contributed by atoms with Gasteiger partial charge >= 0.3 is 0 Å². The van der Waals surface area contributed by atoms with Crippen LogP contribution in [-0.4, -0.2) is 24.8 Å². The first-order valence-electron chi connectivity index (χ1n) is 8.98. The highest BCUT2D eigenvalue weighted by Crippen LogP contribution is 2.30. The van der Waals surface area contributed by atoms with Gasteiger partial charge in [0, 0.05) is 5.75 Å². The summed E-state index contributed by atoms with van der Waals surface area (Å²) in [5, 5.41) is 2.92. The Bertz CT molecular complexity index is 722. The molecule has 0 aliphatic carbocycles. The van der Waals surface area contributed by atoms with Crippen LogP contribution in [-0.2, 0) is 16.0 Å². The molecule has 0 atom stereocenters. The van der Waals surface area contributed by atoms with Crippen LogP contribution in [0.15, 0.2) is 48.5 Å². The monoisotopic (exact) mass is 371 g/mol. The van der Waals surface area contributed by atoms with E-state index in [0.29, 0.717) is 18.9 Å². The van der Waals surface area contributed by atoms with Gasteiger partial charge in [-0.1, -0.05) is 68.8 Å². The predicted octanol–water partition coefficient (Wildman–Crippen LogP) is 4.72. The predicted molar refractivity (Wildman–Crippen MR) is 111 cm³/mol. The summed E-state index contributed by atoms with van der Waals surface area (Å²) in [7, 11) is 0. The van der Waals surface area contributed by atoms with E-state index >= 15 is 0 Å². The fourth-order valence-corrected chi connectivity index (χ4v) is 3.48. The fraction of sp³-hybridized carbons (Fsp3) is 0.409. The van der Waals surface area contributed by atoms with Crippen molar-refractivity contribution in [1.82, 2.24) is 5.32 Å². The van der Waals surface area contributed by atoms with Gasteiger partial charge in [0.25, 0.3) is 0 Å². The summed E-state index contributed by atoms with van der Waals surface area (Å²) in [6.07, 6.45) is 0. The largest absolute Gasteiger partial charge is 0.491 e. The molecular weight excluding hydrogens is 342 g/mol. The highest BCUT2D eigenvalue weighted by atomic mass is 32.2. The van der Waals surface area contributed by atoms with Gasteiger partial charge in [0.1, 0.15) is 12.4 Å². The van der Waals surface area contributed by atoms with E-state index in [0.717, 1.165) is 11.5 Å². The highest BCUT2D eigenvalue weighted by molar-refractivity contribution is 7.99. The molecule has 0 aromatic heterocycles. The summed E-state index contributed by atoms with van der Waals surface area (Å²) in [6, 6.07) is 16.5. The Morgan fingerprint density at radius 2 is 1.88 bits per heavy atom. The fourth-order valence-electron chi connectivity index (χ4n) is 2.68.